The van der Waals surface area contributed by atoms with E-state index in [0.29, 0.717) is 26.2 Å². The number of fused-ring (bicyclic) bond motifs is 3. The Bertz CT molecular complexity index is 1070. The SMILES string of the molecule is CC(C)(C)[C@@]1(O)COCc2c1[nH]c(=O)c1sc(-c3ccncc3F)cc21. The molecule has 0 aromatic carbocycles. The van der Waals surface area contributed by atoms with Gasteiger partial charge in [0.25, 0.3) is 5.56 Å². The number of aromatic amines is 1. The normalized spacial score (nSPS) is 20.3. The lowest BCUT2D eigenvalue weighted by molar-refractivity contribution is -0.139. The van der Waals surface area contributed by atoms with Gasteiger partial charge in [-0.25, -0.2) is 4.39 Å². The quantitative estimate of drug-likeness (QED) is 0.683. The van der Waals surface area contributed by atoms with Gasteiger partial charge >= 0.3 is 0 Å². The molecule has 0 bridgehead atoms. The molecular weight excluding hydrogens is 355 g/mol. The Hall–Kier alpha value is -2.09. The van der Waals surface area contributed by atoms with E-state index >= 15 is 0 Å². The van der Waals surface area contributed by atoms with Crippen molar-refractivity contribution in [1.29, 1.82) is 0 Å². The highest BCUT2D eigenvalue weighted by Gasteiger charge is 2.47. The van der Waals surface area contributed by atoms with E-state index < -0.39 is 16.8 Å². The van der Waals surface area contributed by atoms with Crippen molar-refractivity contribution in [2.75, 3.05) is 6.61 Å². The zero-order valence-corrected chi connectivity index (χ0v) is 15.5. The fourth-order valence-electron chi connectivity index (χ4n) is 3.34. The molecule has 2 N–H and O–H groups in total. The van der Waals surface area contributed by atoms with Gasteiger partial charge in [-0.3, -0.25) is 9.78 Å². The second kappa shape index (κ2) is 5.70. The molecule has 3 aromatic heterocycles. The van der Waals surface area contributed by atoms with Crippen molar-refractivity contribution in [3.8, 4) is 10.4 Å². The molecule has 1 atom stereocenters. The minimum absolute atomic E-state index is 0.112. The minimum atomic E-state index is -1.31. The Morgan fingerprint density at radius 3 is 2.88 bits per heavy atom. The van der Waals surface area contributed by atoms with Crippen LogP contribution in [0.4, 0.5) is 4.39 Å². The lowest BCUT2D eigenvalue weighted by Gasteiger charge is -2.43. The summed E-state index contributed by atoms with van der Waals surface area (Å²) < 4.78 is 20.3. The number of halogens is 1. The molecule has 0 fully saturated rings. The summed E-state index contributed by atoms with van der Waals surface area (Å²) in [5, 5.41) is 11.9. The number of ether oxygens (including phenoxy) is 1. The molecule has 136 valence electrons. The third-order valence-electron chi connectivity index (χ3n) is 5.05. The van der Waals surface area contributed by atoms with Gasteiger partial charge in [-0.2, -0.15) is 0 Å². The number of nitrogens with zero attached hydrogens (tertiary/aromatic N) is 1. The van der Waals surface area contributed by atoms with Crippen LogP contribution in [0.1, 0.15) is 32.0 Å². The molecule has 0 spiro atoms. The molecule has 0 radical (unpaired) electrons. The van der Waals surface area contributed by atoms with Gasteiger partial charge in [-0.15, -0.1) is 11.3 Å². The maximum atomic E-state index is 14.1. The molecule has 3 aromatic rings. The third-order valence-corrected chi connectivity index (χ3v) is 6.22. The van der Waals surface area contributed by atoms with E-state index in [9.17, 15) is 14.3 Å². The van der Waals surface area contributed by atoms with Crippen molar-refractivity contribution in [3.05, 3.63) is 52.0 Å². The van der Waals surface area contributed by atoms with Gasteiger partial charge in [0, 0.05) is 27.6 Å². The molecule has 5 nitrogen and oxygen atoms in total. The highest BCUT2D eigenvalue weighted by Crippen LogP contribution is 2.45. The maximum absolute atomic E-state index is 14.1. The summed E-state index contributed by atoms with van der Waals surface area (Å²) in [7, 11) is 0. The second-order valence-corrected chi connectivity index (χ2v) is 8.67. The number of aliphatic hydroxyl groups is 1. The first-order valence-electron chi connectivity index (χ1n) is 8.31. The Balaban J connectivity index is 2.00. The number of nitrogens with one attached hydrogen (secondary N) is 1. The van der Waals surface area contributed by atoms with E-state index in [4.69, 9.17) is 4.74 Å². The lowest BCUT2D eigenvalue weighted by Crippen LogP contribution is -2.48. The van der Waals surface area contributed by atoms with Crippen LogP contribution in [0.15, 0.2) is 29.3 Å². The molecule has 4 rings (SSSR count). The van der Waals surface area contributed by atoms with Gasteiger partial charge in [0.2, 0.25) is 0 Å². The predicted octanol–water partition coefficient (Wildman–Crippen LogP) is 3.55. The number of H-pyrrole nitrogens is 1. The van der Waals surface area contributed by atoms with Crippen LogP contribution < -0.4 is 5.56 Å². The lowest BCUT2D eigenvalue weighted by atomic mass is 9.72. The highest BCUT2D eigenvalue weighted by atomic mass is 32.1. The van der Waals surface area contributed by atoms with Crippen molar-refractivity contribution in [2.24, 2.45) is 5.41 Å². The largest absolute Gasteiger partial charge is 0.381 e. The first-order valence-corrected chi connectivity index (χ1v) is 9.13. The van der Waals surface area contributed by atoms with Gasteiger partial charge in [-0.05, 0) is 17.5 Å². The highest BCUT2D eigenvalue weighted by molar-refractivity contribution is 7.22. The van der Waals surface area contributed by atoms with Crippen LogP contribution in [0, 0.1) is 11.2 Å². The average molecular weight is 374 g/mol. The predicted molar refractivity (Wildman–Crippen MR) is 98.6 cm³/mol. The monoisotopic (exact) mass is 374 g/mol. The topological polar surface area (TPSA) is 75.2 Å². The summed E-state index contributed by atoms with van der Waals surface area (Å²) in [6.07, 6.45) is 2.67. The first-order chi connectivity index (χ1) is 12.2. The molecule has 26 heavy (non-hydrogen) atoms. The number of rotatable bonds is 1. The summed E-state index contributed by atoms with van der Waals surface area (Å²) >= 11 is 1.22. The second-order valence-electron chi connectivity index (χ2n) is 7.62. The number of hydrogen-bond acceptors (Lipinski definition) is 5. The van der Waals surface area contributed by atoms with Crippen LogP contribution in [0.5, 0.6) is 0 Å². The summed E-state index contributed by atoms with van der Waals surface area (Å²) in [6, 6.07) is 3.38. The van der Waals surface area contributed by atoms with E-state index in [0.717, 1.165) is 11.8 Å². The fraction of sp³-hybridized carbons (Fsp3) is 0.368. The van der Waals surface area contributed by atoms with Gasteiger partial charge in [0.05, 0.1) is 25.1 Å². The van der Waals surface area contributed by atoms with Gasteiger partial charge in [-0.1, -0.05) is 20.8 Å². The molecule has 0 amide bonds. The Morgan fingerprint density at radius 2 is 2.19 bits per heavy atom. The molecule has 4 heterocycles. The molecule has 0 saturated heterocycles. The molecule has 7 heteroatoms. The molecule has 1 aliphatic rings. The summed E-state index contributed by atoms with van der Waals surface area (Å²) in [4.78, 5) is 20.0. The van der Waals surface area contributed by atoms with E-state index in [2.05, 4.69) is 9.97 Å². The van der Waals surface area contributed by atoms with Gasteiger partial charge in [0.1, 0.15) is 16.1 Å². The molecular formula is C19H19FN2O3S. The van der Waals surface area contributed by atoms with Crippen LogP contribution in [0.3, 0.4) is 0 Å². The Labute approximate surface area is 153 Å². The molecule has 0 saturated carbocycles. The molecule has 0 aliphatic carbocycles. The number of pyridine rings is 2. The number of hydrogen-bond donors (Lipinski definition) is 2. The number of thiophene rings is 1. The van der Waals surface area contributed by atoms with E-state index in [1.54, 1.807) is 12.1 Å². The van der Waals surface area contributed by atoms with Crippen LogP contribution in [-0.4, -0.2) is 21.7 Å². The number of aromatic nitrogens is 2. The van der Waals surface area contributed by atoms with Gasteiger partial charge in [0.15, 0.2) is 0 Å². The minimum Gasteiger partial charge on any atom is -0.381 e. The van der Waals surface area contributed by atoms with E-state index in [1.807, 2.05) is 20.8 Å². The van der Waals surface area contributed by atoms with Gasteiger partial charge < -0.3 is 14.8 Å². The summed E-state index contributed by atoms with van der Waals surface area (Å²) in [6.45, 7) is 6.11. The standard InChI is InChI=1S/C19H19FN2O3S/c1-18(2,3)19(24)9-25-8-12-11-6-14(10-4-5-21-7-13(10)20)26-15(11)17(23)22-16(12)19/h4-7,24H,8-9H2,1-3H3,(H,22,23)/t19-/m1/s1. The van der Waals surface area contributed by atoms with Crippen molar-refractivity contribution in [3.63, 3.8) is 0 Å². The summed E-state index contributed by atoms with van der Waals surface area (Å²) in [5.41, 5.74) is -0.480. The van der Waals surface area contributed by atoms with Crippen LogP contribution in [0.2, 0.25) is 0 Å². The molecule has 0 unspecified atom stereocenters. The van der Waals surface area contributed by atoms with Crippen LogP contribution in [0.25, 0.3) is 20.5 Å². The van der Waals surface area contributed by atoms with Crippen molar-refractivity contribution in [1.82, 2.24) is 9.97 Å². The first kappa shape index (κ1) is 17.3. The van der Waals surface area contributed by atoms with E-state index in [1.165, 1.54) is 17.5 Å². The maximum Gasteiger partial charge on any atom is 0.266 e. The average Bonchev–Trinajstić information content (AvgIpc) is 3.01. The molecule has 1 aliphatic heterocycles. The van der Waals surface area contributed by atoms with Crippen LogP contribution >= 0.6 is 11.3 Å². The Morgan fingerprint density at radius 1 is 1.42 bits per heavy atom. The van der Waals surface area contributed by atoms with Crippen molar-refractivity contribution in [2.45, 2.75) is 33.0 Å². The van der Waals surface area contributed by atoms with Crippen molar-refractivity contribution >= 4 is 21.4 Å². The zero-order valence-electron chi connectivity index (χ0n) is 14.7. The third kappa shape index (κ3) is 2.42. The summed E-state index contributed by atoms with van der Waals surface area (Å²) in [5.74, 6) is -0.438. The zero-order chi connectivity index (χ0) is 18.7. The smallest absolute Gasteiger partial charge is 0.266 e. The Kier molecular flexibility index (Phi) is 3.80. The van der Waals surface area contributed by atoms with Crippen molar-refractivity contribution < 1.29 is 14.2 Å². The van der Waals surface area contributed by atoms with E-state index in [-0.39, 0.29) is 18.8 Å². The fourth-order valence-corrected chi connectivity index (χ4v) is 4.45. The van der Waals surface area contributed by atoms with Crippen LogP contribution in [-0.2, 0) is 16.9 Å².